The highest BCUT2D eigenvalue weighted by atomic mass is 16.5. The van der Waals surface area contributed by atoms with Crippen molar-refractivity contribution in [2.45, 2.75) is 31.7 Å². The van der Waals surface area contributed by atoms with E-state index in [2.05, 4.69) is 19.1 Å². The average Bonchev–Trinajstić information content (AvgIpc) is 2.33. The minimum Gasteiger partial charge on any atom is -0.497 e. The normalized spacial score (nSPS) is 26.7. The van der Waals surface area contributed by atoms with E-state index >= 15 is 0 Å². The van der Waals surface area contributed by atoms with Crippen LogP contribution in [0, 0.1) is 0 Å². The van der Waals surface area contributed by atoms with Crippen molar-refractivity contribution in [3.05, 3.63) is 29.8 Å². The van der Waals surface area contributed by atoms with E-state index in [9.17, 15) is 5.21 Å². The Balaban J connectivity index is 2.06. The van der Waals surface area contributed by atoms with Gasteiger partial charge in [-0.15, -0.1) is 0 Å². The summed E-state index contributed by atoms with van der Waals surface area (Å²) in [6, 6.07) is 8.52. The lowest BCUT2D eigenvalue weighted by Gasteiger charge is -2.33. The predicted octanol–water partition coefficient (Wildman–Crippen LogP) is 2.65. The molecule has 1 aromatic rings. The Morgan fingerprint density at radius 1 is 1.31 bits per heavy atom. The Bertz CT molecular complexity index is 336. The first-order chi connectivity index (χ1) is 7.70. The molecule has 88 valence electrons. The van der Waals surface area contributed by atoms with E-state index in [4.69, 9.17) is 4.74 Å². The topological polar surface area (TPSA) is 32.7 Å². The number of hydroxylamine groups is 2. The number of rotatable bonds is 2. The highest BCUT2D eigenvalue weighted by molar-refractivity contribution is 5.29. The van der Waals surface area contributed by atoms with Crippen molar-refractivity contribution in [2.24, 2.45) is 0 Å². The lowest BCUT2D eigenvalue weighted by Crippen LogP contribution is -2.37. The molecule has 3 nitrogen and oxygen atoms in total. The van der Waals surface area contributed by atoms with Gasteiger partial charge in [-0.2, -0.15) is 5.06 Å². The minimum atomic E-state index is 0.251. The quantitative estimate of drug-likeness (QED) is 0.833. The fourth-order valence-electron chi connectivity index (χ4n) is 2.34. The highest BCUT2D eigenvalue weighted by Crippen LogP contribution is 2.31. The highest BCUT2D eigenvalue weighted by Gasteiger charge is 2.25. The van der Waals surface area contributed by atoms with Gasteiger partial charge in [0, 0.05) is 12.6 Å². The van der Waals surface area contributed by atoms with Crippen LogP contribution in [0.4, 0.5) is 0 Å². The van der Waals surface area contributed by atoms with Gasteiger partial charge >= 0.3 is 0 Å². The van der Waals surface area contributed by atoms with Crippen LogP contribution in [0.15, 0.2) is 24.3 Å². The van der Waals surface area contributed by atoms with Crippen molar-refractivity contribution in [2.75, 3.05) is 13.7 Å². The molecule has 2 unspecified atom stereocenters. The van der Waals surface area contributed by atoms with Gasteiger partial charge in [-0.1, -0.05) is 12.1 Å². The van der Waals surface area contributed by atoms with E-state index in [0.29, 0.717) is 5.92 Å². The van der Waals surface area contributed by atoms with Gasteiger partial charge in [0.25, 0.3) is 0 Å². The van der Waals surface area contributed by atoms with E-state index in [-0.39, 0.29) is 6.04 Å². The minimum absolute atomic E-state index is 0.251. The molecule has 1 heterocycles. The molecular weight excluding hydrogens is 202 g/mol. The first-order valence-corrected chi connectivity index (χ1v) is 5.80. The van der Waals surface area contributed by atoms with Crippen molar-refractivity contribution >= 4 is 0 Å². The van der Waals surface area contributed by atoms with Gasteiger partial charge in [0.2, 0.25) is 0 Å². The maximum Gasteiger partial charge on any atom is 0.118 e. The molecule has 0 radical (unpaired) electrons. The molecule has 1 aliphatic heterocycles. The van der Waals surface area contributed by atoms with Crippen LogP contribution in [-0.2, 0) is 0 Å². The standard InChI is InChI=1S/C13H19NO2/c1-10-9-12(7-8-14(10)15)11-3-5-13(16-2)6-4-11/h3-6,10,12,15H,7-9H2,1-2H3. The van der Waals surface area contributed by atoms with Crippen LogP contribution < -0.4 is 4.74 Å². The Morgan fingerprint density at radius 3 is 2.56 bits per heavy atom. The molecule has 1 fully saturated rings. The summed E-state index contributed by atoms with van der Waals surface area (Å²) in [7, 11) is 1.68. The van der Waals surface area contributed by atoms with Crippen LogP contribution in [0.5, 0.6) is 5.75 Å². The van der Waals surface area contributed by atoms with Gasteiger partial charge in [0.1, 0.15) is 5.75 Å². The number of ether oxygens (including phenoxy) is 1. The van der Waals surface area contributed by atoms with Gasteiger partial charge in [-0.25, -0.2) is 0 Å². The molecule has 0 saturated carbocycles. The van der Waals surface area contributed by atoms with Gasteiger partial charge < -0.3 is 9.94 Å². The molecule has 1 N–H and O–H groups in total. The van der Waals surface area contributed by atoms with Gasteiger partial charge in [-0.05, 0) is 43.4 Å². The van der Waals surface area contributed by atoms with Gasteiger partial charge in [0.05, 0.1) is 7.11 Å². The third-order valence-corrected chi connectivity index (χ3v) is 3.43. The van der Waals surface area contributed by atoms with Crippen LogP contribution >= 0.6 is 0 Å². The number of hydrogen-bond acceptors (Lipinski definition) is 3. The number of nitrogens with zero attached hydrogens (tertiary/aromatic N) is 1. The molecule has 1 aromatic carbocycles. The molecule has 0 amide bonds. The number of piperidine rings is 1. The second kappa shape index (κ2) is 4.85. The van der Waals surface area contributed by atoms with Crippen molar-refractivity contribution in [1.82, 2.24) is 5.06 Å². The van der Waals surface area contributed by atoms with Gasteiger partial charge in [0.15, 0.2) is 0 Å². The van der Waals surface area contributed by atoms with Crippen molar-refractivity contribution in [1.29, 1.82) is 0 Å². The zero-order valence-corrected chi connectivity index (χ0v) is 9.89. The first-order valence-electron chi connectivity index (χ1n) is 5.80. The summed E-state index contributed by atoms with van der Waals surface area (Å²) >= 11 is 0. The zero-order chi connectivity index (χ0) is 11.5. The molecule has 1 saturated heterocycles. The number of methoxy groups -OCH3 is 1. The summed E-state index contributed by atoms with van der Waals surface area (Å²) in [5, 5.41) is 11.0. The monoisotopic (exact) mass is 221 g/mol. The van der Waals surface area contributed by atoms with Crippen LogP contribution in [0.1, 0.15) is 31.2 Å². The zero-order valence-electron chi connectivity index (χ0n) is 9.89. The fraction of sp³-hybridized carbons (Fsp3) is 0.538. The smallest absolute Gasteiger partial charge is 0.118 e. The maximum absolute atomic E-state index is 9.54. The van der Waals surface area contributed by atoms with Crippen LogP contribution in [0.2, 0.25) is 0 Å². The Kier molecular flexibility index (Phi) is 3.46. The largest absolute Gasteiger partial charge is 0.497 e. The van der Waals surface area contributed by atoms with E-state index < -0.39 is 0 Å². The molecule has 2 rings (SSSR count). The molecule has 3 heteroatoms. The van der Waals surface area contributed by atoms with Crippen LogP contribution in [0.3, 0.4) is 0 Å². The lowest BCUT2D eigenvalue weighted by molar-refractivity contribution is -0.139. The summed E-state index contributed by atoms with van der Waals surface area (Å²) in [5.74, 6) is 1.46. The second-order valence-electron chi connectivity index (χ2n) is 4.51. The Labute approximate surface area is 96.6 Å². The average molecular weight is 221 g/mol. The molecule has 1 aliphatic rings. The molecule has 0 bridgehead atoms. The number of benzene rings is 1. The van der Waals surface area contributed by atoms with Crippen LogP contribution in [-0.4, -0.2) is 30.0 Å². The SMILES string of the molecule is COc1ccc(C2CCN(O)C(C)C2)cc1. The van der Waals surface area contributed by atoms with Gasteiger partial charge in [-0.3, -0.25) is 0 Å². The molecule has 2 atom stereocenters. The Hall–Kier alpha value is -1.06. The summed E-state index contributed by atoms with van der Waals surface area (Å²) in [5.41, 5.74) is 1.35. The Morgan fingerprint density at radius 2 is 2.00 bits per heavy atom. The molecule has 0 aliphatic carbocycles. The lowest BCUT2D eigenvalue weighted by atomic mass is 9.87. The summed E-state index contributed by atoms with van der Waals surface area (Å²) in [4.78, 5) is 0. The summed E-state index contributed by atoms with van der Waals surface area (Å²) < 4.78 is 5.15. The second-order valence-corrected chi connectivity index (χ2v) is 4.51. The van der Waals surface area contributed by atoms with Crippen molar-refractivity contribution in [3.63, 3.8) is 0 Å². The van der Waals surface area contributed by atoms with E-state index in [0.717, 1.165) is 25.1 Å². The van der Waals surface area contributed by atoms with Crippen molar-refractivity contribution in [3.8, 4) is 5.75 Å². The van der Waals surface area contributed by atoms with Crippen LogP contribution in [0.25, 0.3) is 0 Å². The van der Waals surface area contributed by atoms with E-state index in [1.165, 1.54) is 10.6 Å². The first kappa shape index (κ1) is 11.4. The molecular formula is C13H19NO2. The van der Waals surface area contributed by atoms with E-state index in [1.54, 1.807) is 7.11 Å². The van der Waals surface area contributed by atoms with Crippen molar-refractivity contribution < 1.29 is 9.94 Å². The molecule has 0 spiro atoms. The maximum atomic E-state index is 9.54. The van der Waals surface area contributed by atoms with E-state index in [1.807, 2.05) is 12.1 Å². The molecule has 16 heavy (non-hydrogen) atoms. The summed E-state index contributed by atoms with van der Waals surface area (Å²) in [6.45, 7) is 2.83. The molecule has 0 aromatic heterocycles. The number of hydrogen-bond donors (Lipinski definition) is 1. The summed E-state index contributed by atoms with van der Waals surface area (Å²) in [6.07, 6.45) is 2.04. The fourth-order valence-corrected chi connectivity index (χ4v) is 2.34. The third-order valence-electron chi connectivity index (χ3n) is 3.43. The third kappa shape index (κ3) is 2.36. The predicted molar refractivity (Wildman–Crippen MR) is 62.9 cm³/mol.